The van der Waals surface area contributed by atoms with Crippen molar-refractivity contribution >= 4 is 0 Å². The van der Waals surface area contributed by atoms with E-state index >= 15 is 0 Å². The number of benzene rings is 1. The van der Waals surface area contributed by atoms with Crippen LogP contribution in [-0.4, -0.2) is 6.36 Å². The molecule has 0 radical (unpaired) electrons. The molecule has 0 aliphatic heterocycles. The van der Waals surface area contributed by atoms with Crippen molar-refractivity contribution < 1.29 is 26.7 Å². The van der Waals surface area contributed by atoms with Crippen molar-refractivity contribution in [2.45, 2.75) is 90.3 Å². The lowest BCUT2D eigenvalue weighted by Gasteiger charge is -2.37. The molecule has 0 saturated heterocycles. The molecule has 2 fully saturated rings. The summed E-state index contributed by atoms with van der Waals surface area (Å²) in [5.41, 5.74) is 0.382. The molecule has 0 unspecified atom stereocenters. The standard InChI is InChI=1S/C26H35F5O/c1-2-3-4-5-18-8-12-21(13-9-18)22-14-10-19(11-15-22)6-7-20-16-23(27)25(24(28)17-20)32-26(29,30)31/h3-4,16-19,21-22H,2,5-15H2,1H3/b4-3+/t18-,19-,21-,22-. The third kappa shape index (κ3) is 7.48. The fraction of sp³-hybridized carbons (Fsp3) is 0.692. The van der Waals surface area contributed by atoms with Gasteiger partial charge in [0.2, 0.25) is 5.75 Å². The quantitative estimate of drug-likeness (QED) is 0.279. The number of hydrogen-bond acceptors (Lipinski definition) is 1. The molecule has 1 nitrogen and oxygen atoms in total. The van der Waals surface area contributed by atoms with Gasteiger partial charge in [0, 0.05) is 0 Å². The predicted octanol–water partition coefficient (Wildman–Crippen LogP) is 8.77. The molecule has 0 bridgehead atoms. The highest BCUT2D eigenvalue weighted by molar-refractivity contribution is 5.31. The Morgan fingerprint density at radius 1 is 0.844 bits per heavy atom. The van der Waals surface area contributed by atoms with E-state index in [4.69, 9.17) is 0 Å². The Morgan fingerprint density at radius 2 is 1.38 bits per heavy atom. The molecule has 2 saturated carbocycles. The maximum atomic E-state index is 13.9. The van der Waals surface area contributed by atoms with Crippen molar-refractivity contribution in [3.63, 3.8) is 0 Å². The largest absolute Gasteiger partial charge is 0.573 e. The average molecular weight is 459 g/mol. The minimum absolute atomic E-state index is 0.382. The molecule has 32 heavy (non-hydrogen) atoms. The Labute approximate surface area is 188 Å². The second kappa shape index (κ2) is 11.5. The number of allylic oxidation sites excluding steroid dienone is 2. The van der Waals surface area contributed by atoms with Gasteiger partial charge in [0.05, 0.1) is 0 Å². The molecule has 0 amide bonds. The zero-order chi connectivity index (χ0) is 23.1. The molecule has 1 aromatic rings. The number of halogens is 5. The lowest BCUT2D eigenvalue weighted by atomic mass is 9.68. The molecular formula is C26H35F5O. The van der Waals surface area contributed by atoms with Crippen molar-refractivity contribution in [3.8, 4) is 5.75 Å². The highest BCUT2D eigenvalue weighted by Gasteiger charge is 2.34. The van der Waals surface area contributed by atoms with Gasteiger partial charge in [-0.25, -0.2) is 8.78 Å². The smallest absolute Gasteiger partial charge is 0.399 e. The summed E-state index contributed by atoms with van der Waals surface area (Å²) in [5, 5.41) is 0. The second-order valence-corrected chi connectivity index (χ2v) is 9.65. The van der Waals surface area contributed by atoms with Gasteiger partial charge in [-0.15, -0.1) is 13.2 Å². The summed E-state index contributed by atoms with van der Waals surface area (Å²) in [7, 11) is 0. The SMILES string of the molecule is CC/C=C/C[C@H]1CC[C@H]([C@H]2CC[C@H](CCc3cc(F)c(OC(F)(F)F)c(F)c3)CC2)CC1. The molecule has 0 atom stereocenters. The molecule has 0 N–H and O–H groups in total. The fourth-order valence-corrected chi connectivity index (χ4v) is 5.64. The molecule has 3 rings (SSSR count). The van der Waals surface area contributed by atoms with Gasteiger partial charge in [0.1, 0.15) is 0 Å². The number of rotatable bonds is 8. The molecule has 6 heteroatoms. The maximum absolute atomic E-state index is 13.9. The zero-order valence-electron chi connectivity index (χ0n) is 18.9. The molecule has 2 aliphatic rings. The van der Waals surface area contributed by atoms with Crippen LogP contribution < -0.4 is 4.74 Å². The summed E-state index contributed by atoms with van der Waals surface area (Å²) in [6, 6.07) is 1.92. The van der Waals surface area contributed by atoms with Crippen LogP contribution in [0.2, 0.25) is 0 Å². The zero-order valence-corrected chi connectivity index (χ0v) is 18.9. The van der Waals surface area contributed by atoms with Crippen LogP contribution in [0.3, 0.4) is 0 Å². The van der Waals surface area contributed by atoms with Crippen LogP contribution in [-0.2, 0) is 6.42 Å². The minimum Gasteiger partial charge on any atom is -0.399 e. The maximum Gasteiger partial charge on any atom is 0.573 e. The minimum atomic E-state index is -5.12. The Bertz CT molecular complexity index is 718. The van der Waals surface area contributed by atoms with E-state index in [-0.39, 0.29) is 0 Å². The van der Waals surface area contributed by atoms with E-state index in [0.717, 1.165) is 55.6 Å². The van der Waals surface area contributed by atoms with E-state index in [9.17, 15) is 22.0 Å². The summed E-state index contributed by atoms with van der Waals surface area (Å²) >= 11 is 0. The van der Waals surface area contributed by atoms with Crippen LogP contribution in [0.15, 0.2) is 24.3 Å². The van der Waals surface area contributed by atoms with E-state index in [1.54, 1.807) is 0 Å². The summed E-state index contributed by atoms with van der Waals surface area (Å²) in [4.78, 5) is 0. The number of aryl methyl sites for hydroxylation is 1. The van der Waals surface area contributed by atoms with Gasteiger partial charge in [-0.05, 0) is 106 Å². The van der Waals surface area contributed by atoms with Crippen LogP contribution in [0.25, 0.3) is 0 Å². The third-order valence-corrected chi connectivity index (χ3v) is 7.44. The van der Waals surface area contributed by atoms with E-state index in [1.807, 2.05) is 0 Å². The summed E-state index contributed by atoms with van der Waals surface area (Å²) in [6.45, 7) is 2.17. The molecule has 180 valence electrons. The van der Waals surface area contributed by atoms with Crippen molar-refractivity contribution in [1.29, 1.82) is 0 Å². The highest BCUT2D eigenvalue weighted by atomic mass is 19.4. The van der Waals surface area contributed by atoms with Crippen molar-refractivity contribution in [2.24, 2.45) is 23.7 Å². The van der Waals surface area contributed by atoms with Gasteiger partial charge in [-0.1, -0.05) is 31.9 Å². The van der Waals surface area contributed by atoms with E-state index < -0.39 is 23.7 Å². The molecule has 0 aromatic heterocycles. The second-order valence-electron chi connectivity index (χ2n) is 9.65. The van der Waals surface area contributed by atoms with E-state index in [1.165, 1.54) is 44.9 Å². The summed E-state index contributed by atoms with van der Waals surface area (Å²) in [5.74, 6) is -0.988. The summed E-state index contributed by atoms with van der Waals surface area (Å²) < 4.78 is 68.1. The molecular weight excluding hydrogens is 423 g/mol. The highest BCUT2D eigenvalue weighted by Crippen LogP contribution is 2.43. The van der Waals surface area contributed by atoms with Gasteiger partial charge < -0.3 is 4.74 Å². The van der Waals surface area contributed by atoms with Gasteiger partial charge in [-0.2, -0.15) is 0 Å². The first-order valence-electron chi connectivity index (χ1n) is 12.1. The van der Waals surface area contributed by atoms with E-state index in [2.05, 4.69) is 23.8 Å². The Kier molecular flexibility index (Phi) is 9.01. The van der Waals surface area contributed by atoms with Crippen LogP contribution >= 0.6 is 0 Å². The number of alkyl halides is 3. The topological polar surface area (TPSA) is 9.23 Å². The molecule has 1 aromatic carbocycles. The van der Waals surface area contributed by atoms with Gasteiger partial charge >= 0.3 is 6.36 Å². The van der Waals surface area contributed by atoms with Gasteiger partial charge in [-0.3, -0.25) is 0 Å². The van der Waals surface area contributed by atoms with Crippen LogP contribution in [0, 0.1) is 35.3 Å². The predicted molar refractivity (Wildman–Crippen MR) is 116 cm³/mol. The normalized spacial score (nSPS) is 27.1. The fourth-order valence-electron chi connectivity index (χ4n) is 5.64. The Balaban J connectivity index is 1.41. The van der Waals surface area contributed by atoms with Crippen molar-refractivity contribution in [1.82, 2.24) is 0 Å². The number of ether oxygens (including phenoxy) is 1. The Morgan fingerprint density at radius 3 is 1.88 bits per heavy atom. The average Bonchev–Trinajstić information content (AvgIpc) is 2.75. The number of hydrogen-bond donors (Lipinski definition) is 0. The van der Waals surface area contributed by atoms with Crippen LogP contribution in [0.4, 0.5) is 22.0 Å². The first-order valence-corrected chi connectivity index (χ1v) is 12.1. The monoisotopic (exact) mass is 458 g/mol. The van der Waals surface area contributed by atoms with Crippen molar-refractivity contribution in [2.75, 3.05) is 0 Å². The molecule has 2 aliphatic carbocycles. The first kappa shape index (κ1) is 25.0. The van der Waals surface area contributed by atoms with Crippen LogP contribution in [0.1, 0.15) is 83.1 Å². The van der Waals surface area contributed by atoms with Gasteiger partial charge in [0.15, 0.2) is 11.6 Å². The lowest BCUT2D eigenvalue weighted by molar-refractivity contribution is -0.276. The Hall–Kier alpha value is -1.59. The molecule has 0 spiro atoms. The summed E-state index contributed by atoms with van der Waals surface area (Å²) in [6.07, 6.45) is 13.1. The molecule has 0 heterocycles. The lowest BCUT2D eigenvalue weighted by Crippen LogP contribution is -2.26. The van der Waals surface area contributed by atoms with Crippen LogP contribution in [0.5, 0.6) is 5.75 Å². The van der Waals surface area contributed by atoms with E-state index in [0.29, 0.717) is 17.9 Å². The van der Waals surface area contributed by atoms with Crippen molar-refractivity contribution in [3.05, 3.63) is 41.5 Å². The van der Waals surface area contributed by atoms with Gasteiger partial charge in [0.25, 0.3) is 0 Å². The third-order valence-electron chi connectivity index (χ3n) is 7.44. The first-order chi connectivity index (χ1) is 15.2.